The first kappa shape index (κ1) is 14.1. The number of halogens is 1. The minimum absolute atomic E-state index is 0.399. The zero-order chi connectivity index (χ0) is 14.2. The van der Waals surface area contributed by atoms with Gasteiger partial charge in [0, 0.05) is 4.83 Å². The molecular formula is C19H23Br. The van der Waals surface area contributed by atoms with Crippen LogP contribution in [0.5, 0.6) is 0 Å². The van der Waals surface area contributed by atoms with Gasteiger partial charge in [-0.2, -0.15) is 0 Å². The Morgan fingerprint density at radius 1 is 0.950 bits per heavy atom. The number of benzene rings is 2. The van der Waals surface area contributed by atoms with E-state index in [2.05, 4.69) is 66.2 Å². The number of hydrogen-bond donors (Lipinski definition) is 0. The molecule has 20 heavy (non-hydrogen) atoms. The summed E-state index contributed by atoms with van der Waals surface area (Å²) in [6, 6.07) is 13.4. The van der Waals surface area contributed by atoms with Crippen molar-refractivity contribution in [2.45, 2.75) is 50.8 Å². The summed E-state index contributed by atoms with van der Waals surface area (Å²) < 4.78 is 0. The van der Waals surface area contributed by atoms with E-state index in [0.29, 0.717) is 10.2 Å². The molecule has 0 aromatic heterocycles. The van der Waals surface area contributed by atoms with Crippen molar-refractivity contribution in [2.75, 3.05) is 0 Å². The van der Waals surface area contributed by atoms with Crippen molar-refractivity contribution in [3.8, 4) is 0 Å². The van der Waals surface area contributed by atoms with Crippen LogP contribution in [0.15, 0.2) is 36.4 Å². The lowest BCUT2D eigenvalue weighted by Crippen LogP contribution is -2.25. The van der Waals surface area contributed by atoms with Gasteiger partial charge in [0.05, 0.1) is 0 Å². The minimum atomic E-state index is 0.399. The minimum Gasteiger partial charge on any atom is -0.0833 e. The summed E-state index contributed by atoms with van der Waals surface area (Å²) in [5.74, 6) is 0. The van der Waals surface area contributed by atoms with Crippen molar-refractivity contribution in [3.63, 3.8) is 0 Å². The van der Waals surface area contributed by atoms with Gasteiger partial charge in [-0.1, -0.05) is 78.5 Å². The number of fused-ring (bicyclic) bond motifs is 1. The quantitative estimate of drug-likeness (QED) is 0.547. The zero-order valence-corrected chi connectivity index (χ0v) is 14.0. The monoisotopic (exact) mass is 330 g/mol. The van der Waals surface area contributed by atoms with E-state index in [4.69, 9.17) is 0 Å². The van der Waals surface area contributed by atoms with Crippen LogP contribution in [0.3, 0.4) is 0 Å². The number of rotatable bonds is 2. The van der Waals surface area contributed by atoms with E-state index in [1.165, 1.54) is 54.0 Å². The van der Waals surface area contributed by atoms with Crippen molar-refractivity contribution >= 4 is 26.7 Å². The molecule has 1 atom stereocenters. The molecule has 3 rings (SSSR count). The van der Waals surface area contributed by atoms with E-state index >= 15 is 0 Å². The van der Waals surface area contributed by atoms with Crippen LogP contribution < -0.4 is 0 Å². The second-order valence-corrected chi connectivity index (χ2v) is 7.51. The summed E-state index contributed by atoms with van der Waals surface area (Å²) in [6.07, 6.45) is 6.84. The molecule has 0 radical (unpaired) electrons. The van der Waals surface area contributed by atoms with Crippen molar-refractivity contribution in [1.82, 2.24) is 0 Å². The molecule has 1 aliphatic rings. The molecule has 0 spiro atoms. The Bertz CT molecular complexity index is 608. The van der Waals surface area contributed by atoms with Gasteiger partial charge in [0.15, 0.2) is 0 Å². The van der Waals surface area contributed by atoms with Crippen LogP contribution in [0.25, 0.3) is 10.8 Å². The Morgan fingerprint density at radius 2 is 1.60 bits per heavy atom. The molecule has 0 aliphatic heterocycles. The molecule has 1 fully saturated rings. The lowest BCUT2D eigenvalue weighted by molar-refractivity contribution is 0.213. The smallest absolute Gasteiger partial charge is 0.0455 e. The van der Waals surface area contributed by atoms with Crippen LogP contribution in [0.4, 0.5) is 0 Å². The summed E-state index contributed by atoms with van der Waals surface area (Å²) in [5, 5.41) is 2.81. The third-order valence-electron chi connectivity index (χ3n) is 5.06. The first-order valence-electron chi connectivity index (χ1n) is 7.74. The maximum absolute atomic E-state index is 4.05. The molecule has 106 valence electrons. The van der Waals surface area contributed by atoms with Gasteiger partial charge in [-0.05, 0) is 47.1 Å². The first-order valence-corrected chi connectivity index (χ1v) is 8.66. The van der Waals surface area contributed by atoms with Crippen molar-refractivity contribution in [3.05, 3.63) is 47.5 Å². The van der Waals surface area contributed by atoms with Gasteiger partial charge in [-0.3, -0.25) is 0 Å². The largest absolute Gasteiger partial charge is 0.0833 e. The molecule has 0 bridgehead atoms. The highest BCUT2D eigenvalue weighted by molar-refractivity contribution is 9.09. The van der Waals surface area contributed by atoms with Gasteiger partial charge in [0.2, 0.25) is 0 Å². The Morgan fingerprint density at radius 3 is 2.30 bits per heavy atom. The fourth-order valence-electron chi connectivity index (χ4n) is 3.68. The second kappa shape index (κ2) is 5.52. The van der Waals surface area contributed by atoms with E-state index in [0.717, 1.165) is 0 Å². The Hall–Kier alpha value is -0.820. The van der Waals surface area contributed by atoms with Crippen molar-refractivity contribution in [1.29, 1.82) is 0 Å². The highest BCUT2D eigenvalue weighted by Gasteiger charge is 2.35. The third kappa shape index (κ3) is 2.41. The molecule has 0 heterocycles. The van der Waals surface area contributed by atoms with Crippen molar-refractivity contribution in [2.24, 2.45) is 5.41 Å². The maximum Gasteiger partial charge on any atom is 0.0455 e. The molecule has 0 N–H and O–H groups in total. The van der Waals surface area contributed by atoms with Gasteiger partial charge in [-0.15, -0.1) is 0 Å². The highest BCUT2D eigenvalue weighted by atomic mass is 79.9. The fourth-order valence-corrected chi connectivity index (χ4v) is 4.54. The Balaban J connectivity index is 2.08. The van der Waals surface area contributed by atoms with Gasteiger partial charge in [0.1, 0.15) is 0 Å². The molecule has 1 aliphatic carbocycles. The average Bonchev–Trinajstić information content (AvgIpc) is 2.48. The van der Waals surface area contributed by atoms with Crippen LogP contribution in [-0.2, 0) is 0 Å². The van der Waals surface area contributed by atoms with E-state index in [1.807, 2.05) is 0 Å². The number of alkyl halides is 1. The van der Waals surface area contributed by atoms with Gasteiger partial charge < -0.3 is 0 Å². The summed E-state index contributed by atoms with van der Waals surface area (Å²) in [6.45, 7) is 4.66. The number of aryl methyl sites for hydroxylation is 1. The normalized spacial score (nSPS) is 19.9. The number of hydrogen-bond acceptors (Lipinski definition) is 0. The molecule has 0 amide bonds. The lowest BCUT2D eigenvalue weighted by Gasteiger charge is -2.38. The molecule has 1 saturated carbocycles. The Kier molecular flexibility index (Phi) is 3.90. The molecule has 0 saturated heterocycles. The Labute approximate surface area is 130 Å². The molecule has 2 aromatic rings. The van der Waals surface area contributed by atoms with Crippen LogP contribution in [-0.4, -0.2) is 0 Å². The van der Waals surface area contributed by atoms with Crippen LogP contribution >= 0.6 is 15.9 Å². The summed E-state index contributed by atoms with van der Waals surface area (Å²) in [5.41, 5.74) is 3.24. The molecule has 1 heteroatoms. The maximum atomic E-state index is 4.05. The fraction of sp³-hybridized carbons (Fsp3) is 0.474. The summed E-state index contributed by atoms with van der Waals surface area (Å²) >= 11 is 4.05. The molecular weight excluding hydrogens is 308 g/mol. The van der Waals surface area contributed by atoms with Gasteiger partial charge >= 0.3 is 0 Å². The van der Waals surface area contributed by atoms with E-state index in [-0.39, 0.29) is 0 Å². The lowest BCUT2D eigenvalue weighted by atomic mass is 9.71. The predicted molar refractivity (Wildman–Crippen MR) is 91.5 cm³/mol. The van der Waals surface area contributed by atoms with E-state index < -0.39 is 0 Å². The van der Waals surface area contributed by atoms with E-state index in [1.54, 1.807) is 0 Å². The predicted octanol–water partition coefficient (Wildman–Crippen LogP) is 6.55. The second-order valence-electron chi connectivity index (χ2n) is 6.59. The third-order valence-corrected chi connectivity index (χ3v) is 6.66. The summed E-state index contributed by atoms with van der Waals surface area (Å²) in [4.78, 5) is 0.459. The van der Waals surface area contributed by atoms with Gasteiger partial charge in [-0.25, -0.2) is 0 Å². The molecule has 1 unspecified atom stereocenters. The highest BCUT2D eigenvalue weighted by Crippen LogP contribution is 2.51. The van der Waals surface area contributed by atoms with Crippen LogP contribution in [0.1, 0.15) is 55.0 Å². The molecule has 2 aromatic carbocycles. The summed E-state index contributed by atoms with van der Waals surface area (Å²) in [7, 11) is 0. The standard InChI is InChI=1S/C19H23Br/c1-14-10-11-17(16-9-5-4-8-15(14)16)18(20)19(2)12-6-3-7-13-19/h4-5,8-11,18H,3,6-7,12-13H2,1-2H3. The zero-order valence-electron chi connectivity index (χ0n) is 12.5. The topological polar surface area (TPSA) is 0 Å². The van der Waals surface area contributed by atoms with Gasteiger partial charge in [0.25, 0.3) is 0 Å². The first-order chi connectivity index (χ1) is 9.62. The van der Waals surface area contributed by atoms with Crippen LogP contribution in [0.2, 0.25) is 0 Å². The van der Waals surface area contributed by atoms with Crippen LogP contribution in [0, 0.1) is 12.3 Å². The molecule has 0 nitrogen and oxygen atoms in total. The van der Waals surface area contributed by atoms with Crippen molar-refractivity contribution < 1.29 is 0 Å². The average molecular weight is 331 g/mol. The van der Waals surface area contributed by atoms with E-state index in [9.17, 15) is 0 Å². The SMILES string of the molecule is Cc1ccc(C(Br)C2(C)CCCCC2)c2ccccc12.